The zero-order chi connectivity index (χ0) is 17.9. The number of alkyl halides is 3. The van der Waals surface area contributed by atoms with E-state index in [-0.39, 0.29) is 22.7 Å². The molecule has 0 amide bonds. The lowest BCUT2D eigenvalue weighted by Gasteiger charge is -2.07. The van der Waals surface area contributed by atoms with Gasteiger partial charge in [0, 0.05) is 17.8 Å². The summed E-state index contributed by atoms with van der Waals surface area (Å²) in [5, 5.41) is 20.8. The number of benzene rings is 2. The number of nitro groups is 1. The van der Waals surface area contributed by atoms with Crippen LogP contribution >= 0.6 is 0 Å². The molecule has 0 aliphatic carbocycles. The first-order valence-electron chi connectivity index (χ1n) is 6.49. The number of nitrogens with zero attached hydrogens (tertiary/aromatic N) is 2. The minimum absolute atomic E-state index is 0.0188. The van der Waals surface area contributed by atoms with Crippen molar-refractivity contribution in [3.63, 3.8) is 0 Å². The standard InChI is InChI=1S/C15H11F3N2O4/c1-24-13-7-12(20(22)23)5-9(14(13)21)8-19-11-4-2-3-10(6-11)15(16,17)18/h2-8,21H,1H3. The fraction of sp³-hybridized carbons (Fsp3) is 0.133. The zero-order valence-electron chi connectivity index (χ0n) is 12.2. The number of phenols is 1. The minimum atomic E-state index is -4.51. The first kappa shape index (κ1) is 17.3. The predicted octanol–water partition coefficient (Wildman–Crippen LogP) is 4.08. The SMILES string of the molecule is COc1cc([N+](=O)[O-])cc(C=Nc2cccc(C(F)(F)F)c2)c1O. The highest BCUT2D eigenvalue weighted by atomic mass is 19.4. The predicted molar refractivity (Wildman–Crippen MR) is 80.0 cm³/mol. The van der Waals surface area contributed by atoms with Gasteiger partial charge in [-0.1, -0.05) is 6.07 Å². The summed E-state index contributed by atoms with van der Waals surface area (Å²) in [5.74, 6) is -0.548. The Labute approximate surface area is 134 Å². The van der Waals surface area contributed by atoms with Gasteiger partial charge in [-0.2, -0.15) is 13.2 Å². The van der Waals surface area contributed by atoms with Crippen LogP contribution < -0.4 is 4.74 Å². The summed E-state index contributed by atoms with van der Waals surface area (Å²) < 4.78 is 42.8. The maximum atomic E-state index is 12.7. The third-order valence-corrected chi connectivity index (χ3v) is 3.05. The van der Waals surface area contributed by atoms with Gasteiger partial charge in [-0.25, -0.2) is 0 Å². The molecular weight excluding hydrogens is 329 g/mol. The Bertz CT molecular complexity index is 804. The van der Waals surface area contributed by atoms with E-state index in [0.717, 1.165) is 30.5 Å². The van der Waals surface area contributed by atoms with Gasteiger partial charge in [-0.05, 0) is 18.2 Å². The molecule has 0 fully saturated rings. The van der Waals surface area contributed by atoms with Gasteiger partial charge in [-0.3, -0.25) is 15.1 Å². The topological polar surface area (TPSA) is 85.0 Å². The smallest absolute Gasteiger partial charge is 0.416 e. The van der Waals surface area contributed by atoms with Crippen molar-refractivity contribution < 1.29 is 27.9 Å². The van der Waals surface area contributed by atoms with E-state index in [1.807, 2.05) is 0 Å². The summed E-state index contributed by atoms with van der Waals surface area (Å²) in [5.41, 5.74) is -1.30. The number of rotatable bonds is 4. The highest BCUT2D eigenvalue weighted by molar-refractivity contribution is 5.88. The van der Waals surface area contributed by atoms with Crippen LogP contribution in [0.1, 0.15) is 11.1 Å². The number of hydrogen-bond acceptors (Lipinski definition) is 5. The fourth-order valence-corrected chi connectivity index (χ4v) is 1.88. The van der Waals surface area contributed by atoms with Crippen molar-refractivity contribution in [2.45, 2.75) is 6.18 Å². The van der Waals surface area contributed by atoms with Crippen LogP contribution in [-0.2, 0) is 6.18 Å². The van der Waals surface area contributed by atoms with E-state index in [4.69, 9.17) is 4.74 Å². The highest BCUT2D eigenvalue weighted by Crippen LogP contribution is 2.34. The molecule has 9 heteroatoms. The molecule has 2 aromatic rings. The molecule has 0 unspecified atom stereocenters. The van der Waals surface area contributed by atoms with E-state index in [9.17, 15) is 28.4 Å². The first-order chi connectivity index (χ1) is 11.2. The van der Waals surface area contributed by atoms with E-state index in [1.54, 1.807) is 0 Å². The summed E-state index contributed by atoms with van der Waals surface area (Å²) in [6.07, 6.45) is -3.48. The van der Waals surface area contributed by atoms with Crippen molar-refractivity contribution >= 4 is 17.6 Å². The normalized spacial score (nSPS) is 11.7. The Kier molecular flexibility index (Phi) is 4.72. The van der Waals surface area contributed by atoms with Crippen LogP contribution in [0.3, 0.4) is 0 Å². The van der Waals surface area contributed by atoms with E-state index >= 15 is 0 Å². The quantitative estimate of drug-likeness (QED) is 0.516. The van der Waals surface area contributed by atoms with Crippen LogP contribution in [0, 0.1) is 10.1 Å². The molecule has 0 saturated heterocycles. The molecule has 0 aliphatic rings. The van der Waals surface area contributed by atoms with Gasteiger partial charge in [0.15, 0.2) is 11.5 Å². The Morgan fingerprint density at radius 1 is 1.29 bits per heavy atom. The summed E-state index contributed by atoms with van der Waals surface area (Å²) in [4.78, 5) is 14.0. The molecule has 0 heterocycles. The lowest BCUT2D eigenvalue weighted by atomic mass is 10.1. The van der Waals surface area contributed by atoms with Crippen LogP contribution in [0.4, 0.5) is 24.5 Å². The number of nitro benzene ring substituents is 1. The molecular formula is C15H11F3N2O4. The van der Waals surface area contributed by atoms with Crippen LogP contribution in [0.5, 0.6) is 11.5 Å². The molecule has 2 rings (SSSR count). The number of phenolic OH excluding ortho intramolecular Hbond substituents is 1. The summed E-state index contributed by atoms with van der Waals surface area (Å²) in [6.45, 7) is 0. The molecule has 0 aromatic heterocycles. The van der Waals surface area contributed by atoms with Crippen molar-refractivity contribution in [1.29, 1.82) is 0 Å². The number of halogens is 3. The van der Waals surface area contributed by atoms with Gasteiger partial charge in [0.1, 0.15) is 0 Å². The Morgan fingerprint density at radius 2 is 2.00 bits per heavy atom. The van der Waals surface area contributed by atoms with Gasteiger partial charge in [0.2, 0.25) is 0 Å². The lowest BCUT2D eigenvalue weighted by Crippen LogP contribution is -2.03. The minimum Gasteiger partial charge on any atom is -0.504 e. The van der Waals surface area contributed by atoms with Crippen molar-refractivity contribution in [2.75, 3.05) is 7.11 Å². The summed E-state index contributed by atoms with van der Waals surface area (Å²) in [6, 6.07) is 6.29. The molecule has 0 saturated carbocycles. The van der Waals surface area contributed by atoms with Crippen LogP contribution in [0.2, 0.25) is 0 Å². The van der Waals surface area contributed by atoms with Crippen LogP contribution in [0.25, 0.3) is 0 Å². The van der Waals surface area contributed by atoms with E-state index in [2.05, 4.69) is 4.99 Å². The highest BCUT2D eigenvalue weighted by Gasteiger charge is 2.30. The molecule has 1 N–H and O–H groups in total. The number of ether oxygens (including phenoxy) is 1. The van der Waals surface area contributed by atoms with E-state index < -0.39 is 22.4 Å². The second-order valence-electron chi connectivity index (χ2n) is 4.65. The van der Waals surface area contributed by atoms with Crippen LogP contribution in [0.15, 0.2) is 41.4 Å². The molecule has 2 aromatic carbocycles. The van der Waals surface area contributed by atoms with Crippen LogP contribution in [-0.4, -0.2) is 23.4 Å². The van der Waals surface area contributed by atoms with E-state index in [1.165, 1.54) is 19.2 Å². The average molecular weight is 340 g/mol. The Hall–Kier alpha value is -3.10. The lowest BCUT2D eigenvalue weighted by molar-refractivity contribution is -0.385. The maximum Gasteiger partial charge on any atom is 0.416 e. The monoisotopic (exact) mass is 340 g/mol. The van der Waals surface area contributed by atoms with E-state index in [0.29, 0.717) is 0 Å². The largest absolute Gasteiger partial charge is 0.504 e. The van der Waals surface area contributed by atoms with Gasteiger partial charge >= 0.3 is 6.18 Å². The van der Waals surface area contributed by atoms with Crippen molar-refractivity contribution in [1.82, 2.24) is 0 Å². The third-order valence-electron chi connectivity index (χ3n) is 3.05. The Balaban J connectivity index is 2.42. The molecule has 0 radical (unpaired) electrons. The average Bonchev–Trinajstić information content (AvgIpc) is 2.53. The number of aliphatic imine (C=N–C) groups is 1. The molecule has 6 nitrogen and oxygen atoms in total. The number of methoxy groups -OCH3 is 1. The number of non-ortho nitro benzene ring substituents is 1. The zero-order valence-corrected chi connectivity index (χ0v) is 12.2. The first-order valence-corrected chi connectivity index (χ1v) is 6.49. The van der Waals surface area contributed by atoms with Gasteiger partial charge < -0.3 is 9.84 Å². The maximum absolute atomic E-state index is 12.7. The number of hydrogen-bond donors (Lipinski definition) is 1. The van der Waals surface area contributed by atoms with Crippen molar-refractivity contribution in [3.8, 4) is 11.5 Å². The summed E-state index contributed by atoms with van der Waals surface area (Å²) in [7, 11) is 1.21. The van der Waals surface area contributed by atoms with Gasteiger partial charge in [-0.15, -0.1) is 0 Å². The molecule has 126 valence electrons. The van der Waals surface area contributed by atoms with Gasteiger partial charge in [0.05, 0.1) is 29.4 Å². The molecule has 0 spiro atoms. The Morgan fingerprint density at radius 3 is 2.58 bits per heavy atom. The molecule has 0 aliphatic heterocycles. The molecule has 0 bridgehead atoms. The van der Waals surface area contributed by atoms with Gasteiger partial charge in [0.25, 0.3) is 5.69 Å². The van der Waals surface area contributed by atoms with Crippen molar-refractivity contribution in [2.24, 2.45) is 4.99 Å². The molecule has 0 atom stereocenters. The second kappa shape index (κ2) is 6.57. The fourth-order valence-electron chi connectivity index (χ4n) is 1.88. The number of aromatic hydroxyl groups is 1. The third kappa shape index (κ3) is 3.80. The summed E-state index contributed by atoms with van der Waals surface area (Å²) >= 11 is 0. The second-order valence-corrected chi connectivity index (χ2v) is 4.65. The van der Waals surface area contributed by atoms with Crippen molar-refractivity contribution in [3.05, 3.63) is 57.6 Å². The molecule has 24 heavy (non-hydrogen) atoms.